The molecule has 2 heterocycles. The Morgan fingerprint density at radius 1 is 0.613 bits per heavy atom. The number of benzene rings is 4. The maximum atomic E-state index is 14.6. The lowest BCUT2D eigenvalue weighted by atomic mass is 10.1. The third-order valence-electron chi connectivity index (χ3n) is 14.6. The van der Waals surface area contributed by atoms with E-state index in [9.17, 15) is 36.0 Å². The molecule has 1 unspecified atom stereocenters. The molecule has 2 saturated heterocycles. The van der Waals surface area contributed by atoms with Crippen LogP contribution in [0.2, 0.25) is 0 Å². The number of amides is 4. The van der Waals surface area contributed by atoms with E-state index in [1.54, 1.807) is 112 Å². The second kappa shape index (κ2) is 30.9. The van der Waals surface area contributed by atoms with Gasteiger partial charge in [-0.2, -0.15) is 4.31 Å². The van der Waals surface area contributed by atoms with Gasteiger partial charge in [-0.3, -0.25) is 24.5 Å². The maximum Gasteiger partial charge on any atom is 0.249 e. The van der Waals surface area contributed by atoms with Gasteiger partial charge in [0.2, 0.25) is 33.7 Å². The molecule has 430 valence electrons. The molecule has 0 bridgehead atoms. The number of carbonyl (C=O) groups excluding carboxylic acids is 4. The number of hydrogen-bond donors (Lipinski definition) is 5. The number of carbonyl (C=O) groups is 4. The van der Waals surface area contributed by atoms with E-state index in [2.05, 4.69) is 50.3 Å². The maximum absolute atomic E-state index is 14.6. The van der Waals surface area contributed by atoms with E-state index >= 15 is 0 Å². The topological polar surface area (TPSA) is 225 Å². The molecule has 2 aliphatic rings. The quantitative estimate of drug-likeness (QED) is 0.0510. The van der Waals surface area contributed by atoms with Crippen LogP contribution < -0.4 is 26.6 Å². The van der Waals surface area contributed by atoms with Crippen LogP contribution in [-0.2, 0) is 61.4 Å². The zero-order valence-electron chi connectivity index (χ0n) is 46.7. The number of likely N-dealkylation sites (tertiary alicyclic amines) is 2. The monoisotopic (exact) mass is 1130 g/mol. The van der Waals surface area contributed by atoms with Gasteiger partial charge < -0.3 is 40.5 Å². The minimum atomic E-state index is -3.94. The summed E-state index contributed by atoms with van der Waals surface area (Å²) in [6.45, 7) is 7.28. The highest BCUT2D eigenvalue weighted by molar-refractivity contribution is 7.92. The Morgan fingerprint density at radius 3 is 1.57 bits per heavy atom. The molecule has 4 aromatic rings. The Labute approximate surface area is 473 Å². The molecule has 20 heteroatoms. The van der Waals surface area contributed by atoms with Gasteiger partial charge in [-0.05, 0) is 134 Å². The number of nitrogens with one attached hydrogen (secondary N) is 5. The lowest BCUT2D eigenvalue weighted by molar-refractivity contribution is -0.142. The molecule has 0 saturated carbocycles. The summed E-state index contributed by atoms with van der Waals surface area (Å²) in [5, 5.41) is 13.8. The number of rotatable bonds is 28. The predicted molar refractivity (Wildman–Crippen MR) is 307 cm³/mol. The van der Waals surface area contributed by atoms with Crippen molar-refractivity contribution < 1.29 is 45.5 Å². The second-order valence-corrected chi connectivity index (χ2v) is 24.2. The Hall–Kier alpha value is -6.46. The fraction of sp³-hybridized carbons (Fsp3) is 0.467. The number of hydrogen-bond acceptors (Lipinski definition) is 13. The zero-order chi connectivity index (χ0) is 57.7. The van der Waals surface area contributed by atoms with Gasteiger partial charge >= 0.3 is 0 Å². The van der Waals surface area contributed by atoms with Crippen LogP contribution in [0.5, 0.6) is 0 Å². The third-order valence-corrected chi connectivity index (χ3v) is 18.6. The summed E-state index contributed by atoms with van der Waals surface area (Å²) in [6.07, 6.45) is 1.12. The summed E-state index contributed by atoms with van der Waals surface area (Å²) in [6, 6.07) is 31.7. The van der Waals surface area contributed by atoms with Crippen molar-refractivity contribution in [3.05, 3.63) is 132 Å². The Bertz CT molecular complexity index is 2790. The van der Waals surface area contributed by atoms with E-state index in [4.69, 9.17) is 9.47 Å². The fourth-order valence-electron chi connectivity index (χ4n) is 9.60. The molecule has 4 aromatic carbocycles. The first-order valence-corrected chi connectivity index (χ1v) is 30.4. The summed E-state index contributed by atoms with van der Waals surface area (Å²) in [4.78, 5) is 59.3. The second-order valence-electron chi connectivity index (χ2n) is 20.1. The van der Waals surface area contributed by atoms with Crippen molar-refractivity contribution in [3.8, 4) is 23.7 Å². The first-order valence-electron chi connectivity index (χ1n) is 27.4. The van der Waals surface area contributed by atoms with E-state index < -0.39 is 97.4 Å². The molecule has 18 nitrogen and oxygen atoms in total. The first kappa shape index (κ1) is 62.7. The molecular weight excluding hydrogens is 1060 g/mol. The highest BCUT2D eigenvalue weighted by Crippen LogP contribution is 2.26. The van der Waals surface area contributed by atoms with Crippen molar-refractivity contribution in [1.82, 2.24) is 40.7 Å². The van der Waals surface area contributed by atoms with E-state index in [1.165, 1.54) is 4.31 Å². The predicted octanol–water partition coefficient (Wildman–Crippen LogP) is 3.88. The van der Waals surface area contributed by atoms with Crippen molar-refractivity contribution in [2.45, 2.75) is 136 Å². The zero-order valence-corrected chi connectivity index (χ0v) is 48.3. The van der Waals surface area contributed by atoms with Crippen molar-refractivity contribution in [2.24, 2.45) is 0 Å². The van der Waals surface area contributed by atoms with Crippen LogP contribution in [0, 0.1) is 23.7 Å². The average molecular weight is 1140 g/mol. The number of likely N-dealkylation sites (N-methyl/N-ethyl adjacent to an activating group) is 2. The average Bonchev–Trinajstić information content (AvgIpc) is 4.16. The highest BCUT2D eigenvalue weighted by Gasteiger charge is 2.42. The van der Waals surface area contributed by atoms with Crippen LogP contribution in [0.1, 0.15) is 70.9 Å². The van der Waals surface area contributed by atoms with Crippen molar-refractivity contribution in [2.75, 3.05) is 53.5 Å². The summed E-state index contributed by atoms with van der Waals surface area (Å²) in [5.41, 5.74) is 1.96. The lowest BCUT2D eigenvalue weighted by Gasteiger charge is -2.34. The Morgan fingerprint density at radius 2 is 1.06 bits per heavy atom. The normalized spacial score (nSPS) is 18.1. The number of sulfonamides is 1. The number of aryl methyl sites for hydroxylation is 1. The molecule has 9 atom stereocenters. The molecule has 2 fully saturated rings. The van der Waals surface area contributed by atoms with Gasteiger partial charge in [-0.25, -0.2) is 16.8 Å². The van der Waals surface area contributed by atoms with Crippen LogP contribution in [0.4, 0.5) is 0 Å². The van der Waals surface area contributed by atoms with Crippen LogP contribution in [0.15, 0.2) is 131 Å². The van der Waals surface area contributed by atoms with Crippen molar-refractivity contribution in [1.29, 1.82) is 0 Å². The summed E-state index contributed by atoms with van der Waals surface area (Å²) < 4.78 is 70.1. The minimum Gasteiger partial charge on any atom is -0.363 e. The van der Waals surface area contributed by atoms with Crippen LogP contribution in [0.3, 0.4) is 0 Å². The molecule has 5 N–H and O–H groups in total. The standard InChI is InChI=1S/C60H78N8O10S2/c1-44(61-5)57(69)64-55(59(71)67-38-23-29-50(67)43-66(40-37-49-27-15-10-16-28-49)80(75,76)52-32-19-12-20-33-52)46(3)77-41-21-7-8-22-42-78-47(4)56(65-58(70)45(2)62-6)60(72)68-39-24-34-53(68)63-54(36-35-48-25-13-9-14-26-48)79(73,74)51-30-17-11-18-31-51/h9-20,25-28,30-33,44-47,50,53-56,61-63H,23-24,29,34-43H2,1-6H3,(H,64,69)(H,65,70)/t44-,45-,46+,47+,50-,53-,54?,55-,56-/m0/s1. The van der Waals surface area contributed by atoms with Gasteiger partial charge in [0.1, 0.15) is 30.7 Å². The molecular formula is C60H78N8O10S2. The fourth-order valence-corrected chi connectivity index (χ4v) is 12.7. The number of ether oxygens (including phenoxy) is 2. The molecule has 0 radical (unpaired) electrons. The van der Waals surface area contributed by atoms with Gasteiger partial charge in [0, 0.05) is 32.2 Å². The largest absolute Gasteiger partial charge is 0.363 e. The molecule has 0 spiro atoms. The van der Waals surface area contributed by atoms with Crippen LogP contribution >= 0.6 is 0 Å². The molecule has 6 rings (SSSR count). The van der Waals surface area contributed by atoms with Gasteiger partial charge in [-0.15, -0.1) is 0 Å². The van der Waals surface area contributed by atoms with Gasteiger partial charge in [0.25, 0.3) is 0 Å². The number of nitrogens with zero attached hydrogens (tertiary/aromatic N) is 3. The number of sulfone groups is 1. The lowest BCUT2D eigenvalue weighted by Crippen LogP contribution is -2.60. The summed E-state index contributed by atoms with van der Waals surface area (Å²) in [5.74, 6) is 9.42. The van der Waals surface area contributed by atoms with Crippen LogP contribution in [-0.4, -0.2) is 162 Å². The van der Waals surface area contributed by atoms with Crippen LogP contribution in [0.25, 0.3) is 0 Å². The third kappa shape index (κ3) is 17.5. The molecule has 80 heavy (non-hydrogen) atoms. The molecule has 2 aliphatic heterocycles. The first-order chi connectivity index (χ1) is 38.5. The van der Waals surface area contributed by atoms with E-state index in [0.29, 0.717) is 51.6 Å². The van der Waals surface area contributed by atoms with Crippen molar-refractivity contribution in [3.63, 3.8) is 0 Å². The molecule has 0 aromatic heterocycles. The Kier molecular flexibility index (Phi) is 24.3. The van der Waals surface area contributed by atoms with E-state index in [-0.39, 0.29) is 42.5 Å². The summed E-state index contributed by atoms with van der Waals surface area (Å²) in [7, 11) is -4.56. The smallest absolute Gasteiger partial charge is 0.249 e. The van der Waals surface area contributed by atoms with E-state index in [0.717, 1.165) is 11.1 Å². The highest BCUT2D eigenvalue weighted by atomic mass is 32.2. The summed E-state index contributed by atoms with van der Waals surface area (Å²) >= 11 is 0. The minimum absolute atomic E-state index is 0.0584. The SMILES string of the molecule is CN[C@@H](C)C(=O)N[C@H](C(=O)N1CCC[C@H]1CN(CCc1ccccc1)S(=O)(=O)c1ccccc1)[C@@H](C)OCC#CC#CCO[C@H](C)[C@H](NC(=O)[C@H](C)NC)C(=O)N1CCC[C@H]1NC(CCc1ccccc1)S(=O)(=O)c1ccccc1. The molecule has 0 aliphatic carbocycles. The Balaban J connectivity index is 1.10. The van der Waals surface area contributed by atoms with Gasteiger partial charge in [0.15, 0.2) is 9.84 Å². The van der Waals surface area contributed by atoms with Crippen molar-refractivity contribution >= 4 is 43.5 Å². The van der Waals surface area contributed by atoms with Gasteiger partial charge in [0.05, 0.1) is 40.2 Å². The van der Waals surface area contributed by atoms with Gasteiger partial charge in [-0.1, -0.05) is 109 Å². The van der Waals surface area contributed by atoms with E-state index in [1.807, 2.05) is 60.7 Å². The molecule has 4 amide bonds.